The maximum Gasteiger partial charge on any atom is 0.265 e. The van der Waals surface area contributed by atoms with Gasteiger partial charge in [-0.1, -0.05) is 35.9 Å². The molecule has 186 valence electrons. The average molecular weight is 515 g/mol. The molecule has 1 aliphatic heterocycles. The Hall–Kier alpha value is -2.95. The molecule has 0 aliphatic carbocycles. The van der Waals surface area contributed by atoms with Crippen LogP contribution in [0.5, 0.6) is 0 Å². The predicted octanol–water partition coefficient (Wildman–Crippen LogP) is 3.42. The normalized spacial score (nSPS) is 15.2. The fourth-order valence-electron chi connectivity index (χ4n) is 4.31. The highest BCUT2D eigenvalue weighted by Gasteiger charge is 2.30. The molecule has 3 aromatic rings. The van der Waals surface area contributed by atoms with Gasteiger partial charge in [-0.2, -0.15) is 4.31 Å². The van der Waals surface area contributed by atoms with E-state index in [1.165, 1.54) is 14.8 Å². The molecule has 0 amide bonds. The van der Waals surface area contributed by atoms with Crippen LogP contribution in [0.25, 0.3) is 0 Å². The minimum absolute atomic E-state index is 0.114. The number of aryl methyl sites for hydroxylation is 2. The average Bonchev–Trinajstić information content (AvgIpc) is 2.85. The number of aromatic nitrogens is 1. The van der Waals surface area contributed by atoms with Crippen LogP contribution in [-0.2, 0) is 20.0 Å². The summed E-state index contributed by atoms with van der Waals surface area (Å²) in [6, 6.07) is 17.6. The van der Waals surface area contributed by atoms with Gasteiger partial charge in [0, 0.05) is 38.9 Å². The van der Waals surface area contributed by atoms with Gasteiger partial charge in [0.25, 0.3) is 10.0 Å². The molecule has 1 aliphatic rings. The number of benzene rings is 2. The lowest BCUT2D eigenvalue weighted by Crippen LogP contribution is -2.49. The Morgan fingerprint density at radius 3 is 2.14 bits per heavy atom. The van der Waals surface area contributed by atoms with Gasteiger partial charge in [-0.25, -0.2) is 21.8 Å². The van der Waals surface area contributed by atoms with Gasteiger partial charge in [0.15, 0.2) is 0 Å². The maximum absolute atomic E-state index is 13.2. The summed E-state index contributed by atoms with van der Waals surface area (Å²) in [5, 5.41) is 0. The number of hydrogen-bond acceptors (Lipinski definition) is 6. The molecule has 0 bridgehead atoms. The standard InChI is InChI=1S/C25H30N4O4S2/c1-4-29(22-8-6-5-7-9-22)34(30,31)23-11-13-25(26-19-23)27-14-16-28(17-15-27)35(32,33)24-12-10-20(2)18-21(24)3/h5-13,18-19H,4,14-17H2,1-3H3. The van der Waals surface area contributed by atoms with E-state index in [2.05, 4.69) is 4.98 Å². The van der Waals surface area contributed by atoms with Gasteiger partial charge in [-0.3, -0.25) is 4.31 Å². The van der Waals surface area contributed by atoms with Gasteiger partial charge in [-0.05, 0) is 56.7 Å². The molecule has 10 heteroatoms. The number of nitrogens with zero attached hydrogens (tertiary/aromatic N) is 4. The van der Waals surface area contributed by atoms with Gasteiger partial charge in [0.2, 0.25) is 10.0 Å². The van der Waals surface area contributed by atoms with Crippen molar-refractivity contribution in [3.05, 3.63) is 78.0 Å². The molecule has 0 spiro atoms. The van der Waals surface area contributed by atoms with Crippen molar-refractivity contribution in [1.82, 2.24) is 9.29 Å². The third-order valence-corrected chi connectivity index (χ3v) is 10.1. The number of piperazine rings is 1. The van der Waals surface area contributed by atoms with E-state index >= 15 is 0 Å². The monoisotopic (exact) mass is 514 g/mol. The third kappa shape index (κ3) is 5.05. The van der Waals surface area contributed by atoms with Crippen LogP contribution < -0.4 is 9.21 Å². The first kappa shape index (κ1) is 25.2. The molecule has 1 saturated heterocycles. The predicted molar refractivity (Wildman–Crippen MR) is 138 cm³/mol. The summed E-state index contributed by atoms with van der Waals surface area (Å²) in [7, 11) is -7.33. The Bertz CT molecular complexity index is 1390. The Kier molecular flexibility index (Phi) is 7.16. The SMILES string of the molecule is CCN(c1ccccc1)S(=O)(=O)c1ccc(N2CCN(S(=O)(=O)c3ccc(C)cc3C)CC2)nc1. The first-order valence-electron chi connectivity index (χ1n) is 11.5. The Labute approximate surface area is 207 Å². The van der Waals surface area contributed by atoms with Gasteiger partial charge < -0.3 is 4.90 Å². The number of rotatable bonds is 7. The highest BCUT2D eigenvalue weighted by atomic mass is 32.2. The summed E-state index contributed by atoms with van der Waals surface area (Å²) in [6.45, 7) is 7.43. The van der Waals surface area contributed by atoms with Crippen molar-refractivity contribution in [2.24, 2.45) is 0 Å². The van der Waals surface area contributed by atoms with E-state index in [0.717, 1.165) is 11.1 Å². The molecule has 0 saturated carbocycles. The van der Waals surface area contributed by atoms with Gasteiger partial charge >= 0.3 is 0 Å². The van der Waals surface area contributed by atoms with Crippen LogP contribution in [-0.4, -0.2) is 58.8 Å². The van der Waals surface area contributed by atoms with Gasteiger partial charge in [0.05, 0.1) is 10.6 Å². The van der Waals surface area contributed by atoms with Crippen molar-refractivity contribution in [2.75, 3.05) is 41.9 Å². The molecule has 8 nitrogen and oxygen atoms in total. The van der Waals surface area contributed by atoms with Crippen LogP contribution in [0.3, 0.4) is 0 Å². The molecule has 2 aromatic carbocycles. The second-order valence-corrected chi connectivity index (χ2v) is 12.3. The Balaban J connectivity index is 1.47. The lowest BCUT2D eigenvalue weighted by atomic mass is 10.2. The summed E-state index contributed by atoms with van der Waals surface area (Å²) in [5.41, 5.74) is 2.36. The van der Waals surface area contributed by atoms with Crippen LogP contribution >= 0.6 is 0 Å². The fourth-order valence-corrected chi connectivity index (χ4v) is 7.36. The first-order valence-corrected chi connectivity index (χ1v) is 14.4. The van der Waals surface area contributed by atoms with Gasteiger partial charge in [0.1, 0.15) is 10.7 Å². The zero-order chi connectivity index (χ0) is 25.2. The number of para-hydroxylation sites is 1. The van der Waals surface area contributed by atoms with Crippen LogP contribution in [0, 0.1) is 13.8 Å². The molecule has 0 unspecified atom stereocenters. The van der Waals surface area contributed by atoms with Crippen LogP contribution in [0.1, 0.15) is 18.1 Å². The fraction of sp³-hybridized carbons (Fsp3) is 0.320. The number of hydrogen-bond donors (Lipinski definition) is 0. The van der Waals surface area contributed by atoms with E-state index < -0.39 is 20.0 Å². The highest BCUT2D eigenvalue weighted by molar-refractivity contribution is 7.92. The second kappa shape index (κ2) is 9.96. The Morgan fingerprint density at radius 2 is 1.57 bits per heavy atom. The van der Waals surface area contributed by atoms with E-state index in [-0.39, 0.29) is 4.90 Å². The van der Waals surface area contributed by atoms with Crippen LogP contribution in [0.15, 0.2) is 76.7 Å². The third-order valence-electron chi connectivity index (χ3n) is 6.15. The highest BCUT2D eigenvalue weighted by Crippen LogP contribution is 2.26. The number of anilines is 2. The van der Waals surface area contributed by atoms with Crippen molar-refractivity contribution in [3.63, 3.8) is 0 Å². The van der Waals surface area contributed by atoms with Crippen molar-refractivity contribution in [1.29, 1.82) is 0 Å². The molecule has 4 rings (SSSR count). The first-order chi connectivity index (χ1) is 16.6. The van der Waals surface area contributed by atoms with Crippen LogP contribution in [0.4, 0.5) is 11.5 Å². The quantitative estimate of drug-likeness (QED) is 0.480. The lowest BCUT2D eigenvalue weighted by Gasteiger charge is -2.35. The second-order valence-electron chi connectivity index (χ2n) is 8.52. The van der Waals surface area contributed by atoms with E-state index in [0.29, 0.717) is 49.1 Å². The van der Waals surface area contributed by atoms with Crippen LogP contribution in [0.2, 0.25) is 0 Å². The van der Waals surface area contributed by atoms with E-state index in [9.17, 15) is 16.8 Å². The minimum atomic E-state index is -3.75. The zero-order valence-corrected chi connectivity index (χ0v) is 21.8. The smallest absolute Gasteiger partial charge is 0.265 e. The summed E-state index contributed by atoms with van der Waals surface area (Å²) in [6.07, 6.45) is 1.37. The maximum atomic E-state index is 13.2. The van der Waals surface area contributed by atoms with Crippen molar-refractivity contribution >= 4 is 31.6 Å². The Morgan fingerprint density at radius 1 is 0.886 bits per heavy atom. The van der Waals surface area contributed by atoms with Crippen molar-refractivity contribution < 1.29 is 16.8 Å². The largest absolute Gasteiger partial charge is 0.354 e. The lowest BCUT2D eigenvalue weighted by molar-refractivity contribution is 0.383. The molecular weight excluding hydrogens is 484 g/mol. The molecule has 35 heavy (non-hydrogen) atoms. The summed E-state index contributed by atoms with van der Waals surface area (Å²) < 4.78 is 55.5. The minimum Gasteiger partial charge on any atom is -0.354 e. The van der Waals surface area contributed by atoms with E-state index in [1.807, 2.05) is 36.9 Å². The van der Waals surface area contributed by atoms with Crippen molar-refractivity contribution in [3.8, 4) is 0 Å². The number of sulfonamides is 2. The molecule has 1 fully saturated rings. The zero-order valence-electron chi connectivity index (χ0n) is 20.1. The molecule has 1 aromatic heterocycles. The summed E-state index contributed by atoms with van der Waals surface area (Å²) in [5.74, 6) is 0.621. The van der Waals surface area contributed by atoms with Gasteiger partial charge in [-0.15, -0.1) is 0 Å². The molecule has 0 atom stereocenters. The van der Waals surface area contributed by atoms with Crippen molar-refractivity contribution in [2.45, 2.75) is 30.6 Å². The molecule has 0 radical (unpaired) electrons. The molecule has 2 heterocycles. The summed E-state index contributed by atoms with van der Waals surface area (Å²) in [4.78, 5) is 6.82. The van der Waals surface area contributed by atoms with E-state index in [4.69, 9.17) is 0 Å². The summed E-state index contributed by atoms with van der Waals surface area (Å²) >= 11 is 0. The van der Waals surface area contributed by atoms with E-state index in [1.54, 1.807) is 49.4 Å². The molecular formula is C25H30N4O4S2. The molecule has 0 N–H and O–H groups in total. The topological polar surface area (TPSA) is 90.9 Å². The number of pyridine rings is 1.